The molecule has 0 unspecified atom stereocenters. The van der Waals surface area contributed by atoms with Crippen molar-refractivity contribution in [2.45, 2.75) is 6.61 Å². The first-order valence-electron chi connectivity index (χ1n) is 5.32. The van der Waals surface area contributed by atoms with E-state index in [2.05, 4.69) is 10.1 Å². The maximum Gasteiger partial charge on any atom is 0.422 e. The fraction of sp³-hybridized carbons (Fsp3) is 0.0909. The number of aromatic nitrogens is 2. The lowest BCUT2D eigenvalue weighted by Crippen LogP contribution is -2.35. The third kappa shape index (κ3) is 2.42. The fourth-order valence-electron chi connectivity index (χ4n) is 1.54. The van der Waals surface area contributed by atoms with Crippen LogP contribution in [0, 0.1) is 0 Å². The number of aliphatic hydroxyl groups excluding tert-OH is 1. The normalized spacial score (nSPS) is 10.2. The molecule has 2 rings (SSSR count). The highest BCUT2D eigenvalue weighted by Crippen LogP contribution is 2.29. The summed E-state index contributed by atoms with van der Waals surface area (Å²) in [6, 6.07) is 4.28. The standard InChI is InChI=1S/C11H9N3O6/c15-5-6-4-8(20-13-6)7-2-1-3-12-9(7)14(10(16)17)11(18)19/h1-4,15H,5H2,(H,16,17)(H,18,19). The number of amides is 2. The van der Waals surface area contributed by atoms with Crippen molar-refractivity contribution in [1.82, 2.24) is 10.1 Å². The molecule has 0 aliphatic heterocycles. The summed E-state index contributed by atoms with van der Waals surface area (Å²) in [5, 5.41) is 30.3. The monoisotopic (exact) mass is 279 g/mol. The van der Waals surface area contributed by atoms with Crippen LogP contribution < -0.4 is 4.90 Å². The van der Waals surface area contributed by atoms with Gasteiger partial charge in [-0.15, -0.1) is 0 Å². The number of hydrogen-bond acceptors (Lipinski definition) is 6. The number of anilines is 1. The molecule has 0 aliphatic carbocycles. The number of nitrogens with zero attached hydrogens (tertiary/aromatic N) is 3. The van der Waals surface area contributed by atoms with E-state index < -0.39 is 12.2 Å². The van der Waals surface area contributed by atoms with Gasteiger partial charge in [-0.1, -0.05) is 5.16 Å². The summed E-state index contributed by atoms with van der Waals surface area (Å²) in [7, 11) is 0. The van der Waals surface area contributed by atoms with Crippen molar-refractivity contribution in [2.24, 2.45) is 0 Å². The van der Waals surface area contributed by atoms with Crippen LogP contribution in [0.3, 0.4) is 0 Å². The van der Waals surface area contributed by atoms with Crippen molar-refractivity contribution in [3.05, 3.63) is 30.1 Å². The zero-order valence-corrected chi connectivity index (χ0v) is 9.92. The molecule has 9 nitrogen and oxygen atoms in total. The largest absolute Gasteiger partial charge is 0.464 e. The average Bonchev–Trinajstić information content (AvgIpc) is 2.87. The number of imide groups is 1. The van der Waals surface area contributed by atoms with E-state index in [1.165, 1.54) is 24.4 Å². The van der Waals surface area contributed by atoms with Crippen molar-refractivity contribution in [1.29, 1.82) is 0 Å². The lowest BCUT2D eigenvalue weighted by atomic mass is 10.2. The highest BCUT2D eigenvalue weighted by atomic mass is 16.5. The molecule has 0 atom stereocenters. The molecule has 2 aromatic heterocycles. The molecule has 3 N–H and O–H groups in total. The van der Waals surface area contributed by atoms with Crippen molar-refractivity contribution in [2.75, 3.05) is 4.90 Å². The molecule has 0 radical (unpaired) electrons. The Balaban J connectivity index is 2.55. The first kappa shape index (κ1) is 13.5. The van der Waals surface area contributed by atoms with Gasteiger partial charge in [0.1, 0.15) is 5.69 Å². The number of rotatable bonds is 3. The number of carboxylic acid groups (broad SMARTS) is 2. The van der Waals surface area contributed by atoms with Crippen LogP contribution in [0.25, 0.3) is 11.3 Å². The SMILES string of the molecule is O=C(O)N(C(=O)O)c1ncccc1-c1cc(CO)no1. The van der Waals surface area contributed by atoms with Gasteiger partial charge >= 0.3 is 12.2 Å². The van der Waals surface area contributed by atoms with Crippen LogP contribution in [0.15, 0.2) is 28.9 Å². The fourth-order valence-corrected chi connectivity index (χ4v) is 1.54. The molecule has 0 aliphatic rings. The van der Waals surface area contributed by atoms with Gasteiger partial charge in [0.05, 0.1) is 12.2 Å². The summed E-state index contributed by atoms with van der Waals surface area (Å²) < 4.78 is 4.93. The minimum atomic E-state index is -1.70. The summed E-state index contributed by atoms with van der Waals surface area (Å²) in [6.45, 7) is -0.360. The van der Waals surface area contributed by atoms with Crippen molar-refractivity contribution in [3.63, 3.8) is 0 Å². The molecule has 0 saturated carbocycles. The molecule has 20 heavy (non-hydrogen) atoms. The van der Waals surface area contributed by atoms with E-state index in [0.29, 0.717) is 0 Å². The second-order valence-corrected chi connectivity index (χ2v) is 3.62. The smallest absolute Gasteiger partial charge is 0.422 e. The number of hydrogen-bond donors (Lipinski definition) is 3. The summed E-state index contributed by atoms with van der Waals surface area (Å²) in [4.78, 5) is 25.8. The Morgan fingerprint density at radius 3 is 2.55 bits per heavy atom. The second kappa shape index (κ2) is 5.36. The minimum absolute atomic E-state index is 0.0659. The van der Waals surface area contributed by atoms with Crippen LogP contribution in [0.1, 0.15) is 5.69 Å². The molecule has 0 aromatic carbocycles. The summed E-state index contributed by atoms with van der Waals surface area (Å²) in [6.07, 6.45) is -2.14. The summed E-state index contributed by atoms with van der Waals surface area (Å²) in [5.74, 6) is -0.224. The lowest BCUT2D eigenvalue weighted by Gasteiger charge is -2.14. The molecular formula is C11H9N3O6. The van der Waals surface area contributed by atoms with Crippen LogP contribution in [0.2, 0.25) is 0 Å². The van der Waals surface area contributed by atoms with Crippen molar-refractivity contribution >= 4 is 18.0 Å². The van der Waals surface area contributed by atoms with E-state index in [0.717, 1.165) is 0 Å². The quantitative estimate of drug-likeness (QED) is 0.766. The van der Waals surface area contributed by atoms with E-state index >= 15 is 0 Å². The highest BCUT2D eigenvalue weighted by molar-refractivity contribution is 6.09. The van der Waals surface area contributed by atoms with Gasteiger partial charge < -0.3 is 19.8 Å². The predicted molar refractivity (Wildman–Crippen MR) is 64.2 cm³/mol. The van der Waals surface area contributed by atoms with Crippen molar-refractivity contribution in [3.8, 4) is 11.3 Å². The molecular weight excluding hydrogens is 270 g/mol. The molecule has 0 bridgehead atoms. The first-order chi connectivity index (χ1) is 9.54. The third-order valence-electron chi connectivity index (χ3n) is 2.37. The lowest BCUT2D eigenvalue weighted by molar-refractivity contribution is 0.184. The minimum Gasteiger partial charge on any atom is -0.464 e. The van der Waals surface area contributed by atoms with E-state index in [4.69, 9.17) is 19.8 Å². The molecule has 0 fully saturated rings. The molecule has 0 saturated heterocycles. The highest BCUT2D eigenvalue weighted by Gasteiger charge is 2.27. The van der Waals surface area contributed by atoms with E-state index in [1.54, 1.807) is 0 Å². The molecule has 2 heterocycles. The van der Waals surface area contributed by atoms with Gasteiger partial charge in [-0.2, -0.15) is 4.90 Å². The van der Waals surface area contributed by atoms with Gasteiger partial charge in [0.25, 0.3) is 0 Å². The van der Waals surface area contributed by atoms with Crippen LogP contribution in [0.5, 0.6) is 0 Å². The Bertz CT molecular complexity index is 639. The van der Waals surface area contributed by atoms with E-state index in [-0.39, 0.29) is 34.3 Å². The molecule has 9 heteroatoms. The van der Waals surface area contributed by atoms with Gasteiger partial charge in [-0.05, 0) is 12.1 Å². The Morgan fingerprint density at radius 2 is 2.00 bits per heavy atom. The van der Waals surface area contributed by atoms with Crippen LogP contribution in [0.4, 0.5) is 15.4 Å². The van der Waals surface area contributed by atoms with Gasteiger partial charge in [-0.25, -0.2) is 14.6 Å². The summed E-state index contributed by atoms with van der Waals surface area (Å²) >= 11 is 0. The molecule has 104 valence electrons. The second-order valence-electron chi connectivity index (χ2n) is 3.62. The Kier molecular flexibility index (Phi) is 3.62. The van der Waals surface area contributed by atoms with E-state index in [1.807, 2.05) is 0 Å². The average molecular weight is 279 g/mol. The van der Waals surface area contributed by atoms with Gasteiger partial charge in [0, 0.05) is 12.3 Å². The zero-order chi connectivity index (χ0) is 14.7. The topological polar surface area (TPSA) is 137 Å². The maximum absolute atomic E-state index is 11.0. The van der Waals surface area contributed by atoms with Gasteiger partial charge in [0.2, 0.25) is 0 Å². The van der Waals surface area contributed by atoms with Crippen LogP contribution in [-0.4, -0.2) is 37.6 Å². The third-order valence-corrected chi connectivity index (χ3v) is 2.37. The van der Waals surface area contributed by atoms with Gasteiger partial charge in [-0.3, -0.25) is 0 Å². The van der Waals surface area contributed by atoms with E-state index in [9.17, 15) is 9.59 Å². The predicted octanol–water partition coefficient (Wildman–Crippen LogP) is 1.39. The van der Waals surface area contributed by atoms with Crippen LogP contribution in [-0.2, 0) is 6.61 Å². The Morgan fingerprint density at radius 1 is 1.30 bits per heavy atom. The van der Waals surface area contributed by atoms with Crippen molar-refractivity contribution < 1.29 is 29.4 Å². The first-order valence-corrected chi connectivity index (χ1v) is 5.32. The zero-order valence-electron chi connectivity index (χ0n) is 9.92. The molecule has 0 spiro atoms. The molecule has 2 aromatic rings. The van der Waals surface area contributed by atoms with Crippen LogP contribution >= 0.6 is 0 Å². The maximum atomic E-state index is 11.0. The molecule has 2 amide bonds. The number of aliphatic hydroxyl groups is 1. The Hall–Kier alpha value is -2.94. The summed E-state index contributed by atoms with van der Waals surface area (Å²) in [5.41, 5.74) is 0.358. The number of pyridine rings is 1. The number of carbonyl (C=O) groups is 2. The van der Waals surface area contributed by atoms with Gasteiger partial charge in [0.15, 0.2) is 11.6 Å². The Labute approximate surface area is 111 Å².